The molecule has 2 N–H and O–H groups in total. The summed E-state index contributed by atoms with van der Waals surface area (Å²) in [4.78, 5) is 31.4. The predicted molar refractivity (Wildman–Crippen MR) is 141 cm³/mol. The quantitative estimate of drug-likeness (QED) is 0.408. The predicted octanol–water partition coefficient (Wildman–Crippen LogP) is 4.78. The van der Waals surface area contributed by atoms with Gasteiger partial charge in [0.05, 0.1) is 18.2 Å². The SMILES string of the molecule is COc1ncc(-c2cc3cc[nH]c(=O)c3c(Nc3ccc(C4CCN(C5CC5)CC4)c(C)c3)n2)cn1. The van der Waals surface area contributed by atoms with Crippen LogP contribution in [-0.2, 0) is 0 Å². The minimum atomic E-state index is -0.184. The van der Waals surface area contributed by atoms with E-state index in [0.29, 0.717) is 28.8 Å². The summed E-state index contributed by atoms with van der Waals surface area (Å²) in [6.07, 6.45) is 10.2. The summed E-state index contributed by atoms with van der Waals surface area (Å²) in [5.74, 6) is 1.11. The van der Waals surface area contributed by atoms with E-state index in [1.807, 2.05) is 12.1 Å². The minimum absolute atomic E-state index is 0.184. The zero-order chi connectivity index (χ0) is 24.6. The molecule has 1 saturated heterocycles. The number of nitrogens with one attached hydrogen (secondary N) is 2. The second-order valence-corrected chi connectivity index (χ2v) is 9.82. The molecule has 184 valence electrons. The Bertz CT molecular complexity index is 1450. The van der Waals surface area contributed by atoms with Gasteiger partial charge in [-0.1, -0.05) is 6.07 Å². The Morgan fingerprint density at radius 2 is 1.83 bits per heavy atom. The number of fused-ring (bicyclic) bond motifs is 1. The van der Waals surface area contributed by atoms with E-state index in [1.54, 1.807) is 18.6 Å². The van der Waals surface area contributed by atoms with Crippen LogP contribution in [0.15, 0.2) is 53.7 Å². The van der Waals surface area contributed by atoms with Gasteiger partial charge in [-0.3, -0.25) is 4.79 Å². The monoisotopic (exact) mass is 482 g/mol. The summed E-state index contributed by atoms with van der Waals surface area (Å²) in [7, 11) is 1.53. The topological polar surface area (TPSA) is 96.0 Å². The van der Waals surface area contributed by atoms with Gasteiger partial charge in [0.15, 0.2) is 0 Å². The largest absolute Gasteiger partial charge is 0.467 e. The Morgan fingerprint density at radius 3 is 2.53 bits per heavy atom. The summed E-state index contributed by atoms with van der Waals surface area (Å²) < 4.78 is 5.07. The number of hydrogen-bond donors (Lipinski definition) is 2. The molecule has 2 aliphatic rings. The molecule has 1 saturated carbocycles. The van der Waals surface area contributed by atoms with Gasteiger partial charge in [0.2, 0.25) is 0 Å². The number of nitrogens with zero attached hydrogens (tertiary/aromatic N) is 4. The van der Waals surface area contributed by atoms with Crippen LogP contribution >= 0.6 is 0 Å². The van der Waals surface area contributed by atoms with Crippen LogP contribution in [0.4, 0.5) is 11.5 Å². The number of methoxy groups -OCH3 is 1. The maximum absolute atomic E-state index is 12.7. The summed E-state index contributed by atoms with van der Waals surface area (Å²) in [5.41, 5.74) is 4.83. The maximum Gasteiger partial charge on any atom is 0.316 e. The number of aromatic nitrogens is 4. The van der Waals surface area contributed by atoms with Crippen LogP contribution in [0.5, 0.6) is 6.01 Å². The van der Waals surface area contributed by atoms with E-state index >= 15 is 0 Å². The van der Waals surface area contributed by atoms with Crippen LogP contribution in [-0.4, -0.2) is 51.1 Å². The van der Waals surface area contributed by atoms with Gasteiger partial charge < -0.3 is 19.9 Å². The second kappa shape index (κ2) is 9.35. The van der Waals surface area contributed by atoms with Crippen LogP contribution < -0.4 is 15.6 Å². The summed E-state index contributed by atoms with van der Waals surface area (Å²) in [6, 6.07) is 11.4. The van der Waals surface area contributed by atoms with Crippen molar-refractivity contribution in [1.29, 1.82) is 0 Å². The van der Waals surface area contributed by atoms with E-state index in [9.17, 15) is 4.79 Å². The third kappa shape index (κ3) is 4.44. The maximum atomic E-state index is 12.7. The van der Waals surface area contributed by atoms with Gasteiger partial charge in [0, 0.05) is 35.9 Å². The molecular weight excluding hydrogens is 452 g/mol. The number of likely N-dealkylation sites (tertiary alicyclic amines) is 1. The number of benzene rings is 1. The lowest BCUT2D eigenvalue weighted by molar-refractivity contribution is 0.203. The van der Waals surface area contributed by atoms with Gasteiger partial charge in [0.1, 0.15) is 5.82 Å². The molecule has 36 heavy (non-hydrogen) atoms. The molecular formula is C28H30N6O2. The third-order valence-corrected chi connectivity index (χ3v) is 7.43. The summed E-state index contributed by atoms with van der Waals surface area (Å²) >= 11 is 0. The van der Waals surface area contributed by atoms with Gasteiger partial charge in [-0.05, 0) is 92.4 Å². The number of pyridine rings is 2. The highest BCUT2D eigenvalue weighted by Crippen LogP contribution is 2.36. The van der Waals surface area contributed by atoms with E-state index in [1.165, 1.54) is 57.0 Å². The fraction of sp³-hybridized carbons (Fsp3) is 0.357. The number of rotatable bonds is 6. The van der Waals surface area contributed by atoms with E-state index in [4.69, 9.17) is 9.72 Å². The van der Waals surface area contributed by atoms with Crippen LogP contribution in [0.3, 0.4) is 0 Å². The summed E-state index contributed by atoms with van der Waals surface area (Å²) in [5, 5.41) is 4.72. The van der Waals surface area contributed by atoms with Crippen molar-refractivity contribution >= 4 is 22.3 Å². The standard InChI is InChI=1S/C28H30N6O2/c1-17-13-21(3-6-23(17)18-8-11-34(12-9-18)22-4-5-22)32-26-25-19(7-10-29-27(25)35)14-24(33-26)20-15-30-28(36-2)31-16-20/h3,6-7,10,13-16,18,22H,4-5,8-9,11-12H2,1-2H3,(H,29,35)(H,32,33). The average Bonchev–Trinajstić information content (AvgIpc) is 3.75. The van der Waals surface area contributed by atoms with Gasteiger partial charge >= 0.3 is 6.01 Å². The third-order valence-electron chi connectivity index (χ3n) is 7.43. The average molecular weight is 483 g/mol. The minimum Gasteiger partial charge on any atom is -0.467 e. The molecule has 8 heteroatoms. The fourth-order valence-corrected chi connectivity index (χ4v) is 5.37. The second-order valence-electron chi connectivity index (χ2n) is 9.82. The lowest BCUT2D eigenvalue weighted by Crippen LogP contribution is -2.34. The number of H-pyrrole nitrogens is 1. The molecule has 1 aliphatic heterocycles. The van der Waals surface area contributed by atoms with Crippen molar-refractivity contribution in [2.24, 2.45) is 0 Å². The van der Waals surface area contributed by atoms with Crippen molar-refractivity contribution < 1.29 is 4.74 Å². The van der Waals surface area contributed by atoms with E-state index in [2.05, 4.69) is 50.3 Å². The molecule has 6 rings (SSSR count). The van der Waals surface area contributed by atoms with Crippen molar-refractivity contribution in [2.45, 2.75) is 44.6 Å². The first-order chi connectivity index (χ1) is 17.6. The van der Waals surface area contributed by atoms with Gasteiger partial charge in [0.25, 0.3) is 5.56 Å². The number of hydrogen-bond acceptors (Lipinski definition) is 7. The number of piperidine rings is 1. The first-order valence-corrected chi connectivity index (χ1v) is 12.6. The van der Waals surface area contributed by atoms with Crippen molar-refractivity contribution in [3.63, 3.8) is 0 Å². The Morgan fingerprint density at radius 1 is 1.06 bits per heavy atom. The highest BCUT2D eigenvalue weighted by molar-refractivity contribution is 5.95. The highest BCUT2D eigenvalue weighted by Gasteiger charge is 2.32. The fourth-order valence-electron chi connectivity index (χ4n) is 5.37. The van der Waals surface area contributed by atoms with Crippen LogP contribution in [0.1, 0.15) is 42.7 Å². The number of anilines is 2. The van der Waals surface area contributed by atoms with Crippen LogP contribution in [0.2, 0.25) is 0 Å². The zero-order valence-electron chi connectivity index (χ0n) is 20.6. The van der Waals surface area contributed by atoms with Crippen molar-refractivity contribution in [3.05, 3.63) is 70.4 Å². The molecule has 0 radical (unpaired) electrons. The van der Waals surface area contributed by atoms with Crippen molar-refractivity contribution in [3.8, 4) is 17.3 Å². The lowest BCUT2D eigenvalue weighted by atomic mass is 9.86. The van der Waals surface area contributed by atoms with Gasteiger partial charge in [-0.2, -0.15) is 0 Å². The Kier molecular flexibility index (Phi) is 5.89. The van der Waals surface area contributed by atoms with Crippen molar-refractivity contribution in [2.75, 3.05) is 25.5 Å². The number of ether oxygens (including phenoxy) is 1. The molecule has 1 aromatic carbocycles. The normalized spacial score (nSPS) is 16.8. The Labute approximate surface area is 209 Å². The first kappa shape index (κ1) is 22.7. The van der Waals surface area contributed by atoms with E-state index in [0.717, 1.165) is 22.7 Å². The van der Waals surface area contributed by atoms with Crippen LogP contribution in [0, 0.1) is 6.92 Å². The Balaban J connectivity index is 1.30. The molecule has 8 nitrogen and oxygen atoms in total. The number of aryl methyl sites for hydroxylation is 1. The molecule has 0 bridgehead atoms. The first-order valence-electron chi connectivity index (χ1n) is 12.6. The molecule has 2 fully saturated rings. The van der Waals surface area contributed by atoms with E-state index < -0.39 is 0 Å². The number of aromatic amines is 1. The highest BCUT2D eigenvalue weighted by atomic mass is 16.5. The molecule has 0 atom stereocenters. The molecule has 4 heterocycles. The molecule has 0 unspecified atom stereocenters. The molecule has 0 amide bonds. The van der Waals surface area contributed by atoms with Gasteiger partial charge in [-0.25, -0.2) is 15.0 Å². The van der Waals surface area contributed by atoms with Gasteiger partial charge in [-0.15, -0.1) is 0 Å². The molecule has 4 aromatic rings. The molecule has 3 aromatic heterocycles. The zero-order valence-corrected chi connectivity index (χ0v) is 20.6. The molecule has 0 spiro atoms. The van der Waals surface area contributed by atoms with Crippen molar-refractivity contribution in [1.82, 2.24) is 24.8 Å². The lowest BCUT2D eigenvalue weighted by Gasteiger charge is -2.33. The molecule has 1 aliphatic carbocycles. The Hall–Kier alpha value is -3.78. The van der Waals surface area contributed by atoms with E-state index in [-0.39, 0.29) is 5.56 Å². The summed E-state index contributed by atoms with van der Waals surface area (Å²) in [6.45, 7) is 4.59. The smallest absolute Gasteiger partial charge is 0.316 e. The van der Waals surface area contributed by atoms with Crippen LogP contribution in [0.25, 0.3) is 22.0 Å².